The van der Waals surface area contributed by atoms with E-state index in [1.807, 2.05) is 0 Å². The molecule has 3 amide bonds. The summed E-state index contributed by atoms with van der Waals surface area (Å²) < 4.78 is 28.3. The van der Waals surface area contributed by atoms with Gasteiger partial charge in [0.25, 0.3) is 5.91 Å². The van der Waals surface area contributed by atoms with Crippen LogP contribution in [0.4, 0.5) is 19.3 Å². The fraction of sp³-hybridized carbons (Fsp3) is 0.111. The Hall–Kier alpha value is -2.74. The SMILES string of the molecule is CC1=C(C(=O)Nc2ccc(Br)cc2)C(c2ccc(F)cc2F)NC(=O)N1. The zero-order chi connectivity index (χ0) is 18.8. The zero-order valence-electron chi connectivity index (χ0n) is 13.6. The Labute approximate surface area is 156 Å². The molecule has 0 spiro atoms. The Morgan fingerprint density at radius 1 is 1.15 bits per heavy atom. The fourth-order valence-corrected chi connectivity index (χ4v) is 2.96. The molecular weight excluding hydrogens is 408 g/mol. The highest BCUT2D eigenvalue weighted by molar-refractivity contribution is 9.10. The molecule has 1 aliphatic rings. The van der Waals surface area contributed by atoms with Gasteiger partial charge in [0, 0.05) is 27.5 Å². The van der Waals surface area contributed by atoms with Gasteiger partial charge in [-0.05, 0) is 37.3 Å². The third-order valence-electron chi connectivity index (χ3n) is 3.89. The predicted octanol–water partition coefficient (Wildman–Crippen LogP) is 3.99. The number of amides is 3. The number of hydrogen-bond donors (Lipinski definition) is 3. The Morgan fingerprint density at radius 3 is 2.50 bits per heavy atom. The van der Waals surface area contributed by atoms with Crippen molar-refractivity contribution >= 4 is 33.6 Å². The Kier molecular flexibility index (Phi) is 5.03. The second kappa shape index (κ2) is 7.25. The summed E-state index contributed by atoms with van der Waals surface area (Å²) in [5, 5.41) is 7.72. The average molecular weight is 422 g/mol. The molecule has 0 aromatic heterocycles. The van der Waals surface area contributed by atoms with Gasteiger partial charge in [0.05, 0.1) is 11.6 Å². The summed E-state index contributed by atoms with van der Waals surface area (Å²) in [6.07, 6.45) is 0. The lowest BCUT2D eigenvalue weighted by atomic mass is 9.94. The Morgan fingerprint density at radius 2 is 1.85 bits per heavy atom. The van der Waals surface area contributed by atoms with Gasteiger partial charge in [-0.15, -0.1) is 0 Å². The molecule has 3 N–H and O–H groups in total. The minimum atomic E-state index is -1.04. The van der Waals surface area contributed by atoms with Crippen molar-refractivity contribution < 1.29 is 18.4 Å². The molecule has 5 nitrogen and oxygen atoms in total. The van der Waals surface area contributed by atoms with E-state index in [4.69, 9.17) is 0 Å². The van der Waals surface area contributed by atoms with Gasteiger partial charge < -0.3 is 16.0 Å². The molecule has 0 fully saturated rings. The molecule has 0 aliphatic carbocycles. The molecule has 1 atom stereocenters. The summed E-state index contributed by atoms with van der Waals surface area (Å²) in [5.74, 6) is -2.10. The van der Waals surface area contributed by atoms with Crippen molar-refractivity contribution in [3.8, 4) is 0 Å². The quantitative estimate of drug-likeness (QED) is 0.700. The topological polar surface area (TPSA) is 70.2 Å². The molecule has 8 heteroatoms. The second-order valence-corrected chi connectivity index (χ2v) is 6.61. The van der Waals surface area contributed by atoms with Crippen molar-refractivity contribution in [1.82, 2.24) is 10.6 Å². The molecule has 0 bridgehead atoms. The van der Waals surface area contributed by atoms with Gasteiger partial charge in [-0.1, -0.05) is 22.0 Å². The number of carbonyl (C=O) groups excluding carboxylic acids is 2. The normalized spacial score (nSPS) is 16.8. The van der Waals surface area contributed by atoms with E-state index in [9.17, 15) is 18.4 Å². The number of benzene rings is 2. The Balaban J connectivity index is 1.97. The second-order valence-electron chi connectivity index (χ2n) is 5.70. The lowest BCUT2D eigenvalue weighted by molar-refractivity contribution is -0.113. The molecule has 1 unspecified atom stereocenters. The maximum Gasteiger partial charge on any atom is 0.319 e. The van der Waals surface area contributed by atoms with Crippen LogP contribution in [0.15, 0.2) is 58.2 Å². The van der Waals surface area contributed by atoms with Crippen molar-refractivity contribution in [2.24, 2.45) is 0 Å². The number of halogens is 3. The van der Waals surface area contributed by atoms with E-state index in [0.29, 0.717) is 11.8 Å². The van der Waals surface area contributed by atoms with Gasteiger partial charge in [-0.25, -0.2) is 13.6 Å². The van der Waals surface area contributed by atoms with Crippen molar-refractivity contribution in [2.75, 3.05) is 5.32 Å². The maximum atomic E-state index is 14.2. The molecule has 2 aromatic rings. The molecule has 1 heterocycles. The van der Waals surface area contributed by atoms with E-state index in [0.717, 1.165) is 10.5 Å². The monoisotopic (exact) mass is 421 g/mol. The third kappa shape index (κ3) is 3.75. The lowest BCUT2D eigenvalue weighted by Crippen LogP contribution is -2.46. The van der Waals surface area contributed by atoms with Gasteiger partial charge in [0.2, 0.25) is 0 Å². The molecule has 134 valence electrons. The van der Waals surface area contributed by atoms with Crippen LogP contribution in [0.2, 0.25) is 0 Å². The third-order valence-corrected chi connectivity index (χ3v) is 4.42. The van der Waals surface area contributed by atoms with Crippen LogP contribution in [0.25, 0.3) is 0 Å². The van der Waals surface area contributed by atoms with Crippen molar-refractivity contribution in [3.63, 3.8) is 0 Å². The first kappa shape index (κ1) is 18.1. The number of rotatable bonds is 3. The van der Waals surface area contributed by atoms with Crippen LogP contribution in [0.5, 0.6) is 0 Å². The van der Waals surface area contributed by atoms with E-state index in [1.165, 1.54) is 6.07 Å². The number of carbonyl (C=O) groups is 2. The lowest BCUT2D eigenvalue weighted by Gasteiger charge is -2.29. The summed E-state index contributed by atoms with van der Waals surface area (Å²) in [5.41, 5.74) is 0.963. The first-order chi connectivity index (χ1) is 12.3. The van der Waals surface area contributed by atoms with Gasteiger partial charge in [-0.2, -0.15) is 0 Å². The van der Waals surface area contributed by atoms with Crippen LogP contribution in [0.1, 0.15) is 18.5 Å². The summed E-state index contributed by atoms with van der Waals surface area (Å²) >= 11 is 3.31. The van der Waals surface area contributed by atoms with Gasteiger partial charge in [-0.3, -0.25) is 4.79 Å². The molecule has 2 aromatic carbocycles. The molecular formula is C18H14BrF2N3O2. The van der Waals surface area contributed by atoms with Gasteiger partial charge >= 0.3 is 6.03 Å². The van der Waals surface area contributed by atoms with Crippen LogP contribution in [-0.2, 0) is 4.79 Å². The number of nitrogens with one attached hydrogen (secondary N) is 3. The fourth-order valence-electron chi connectivity index (χ4n) is 2.70. The van der Waals surface area contributed by atoms with Crippen LogP contribution in [-0.4, -0.2) is 11.9 Å². The number of urea groups is 1. The number of hydrogen-bond acceptors (Lipinski definition) is 2. The average Bonchev–Trinajstić information content (AvgIpc) is 2.56. The first-order valence-electron chi connectivity index (χ1n) is 7.65. The Bertz CT molecular complexity index is 913. The predicted molar refractivity (Wildman–Crippen MR) is 96.2 cm³/mol. The van der Waals surface area contributed by atoms with Crippen molar-refractivity contribution in [3.05, 3.63) is 75.4 Å². The van der Waals surface area contributed by atoms with E-state index < -0.39 is 29.6 Å². The first-order valence-corrected chi connectivity index (χ1v) is 8.44. The summed E-state index contributed by atoms with van der Waals surface area (Å²) in [7, 11) is 0. The molecule has 1 aliphatic heterocycles. The van der Waals surface area contributed by atoms with Gasteiger partial charge in [0.15, 0.2) is 0 Å². The standard InChI is InChI=1S/C18H14BrF2N3O2/c1-9-15(17(25)23-12-5-2-10(19)3-6-12)16(24-18(26)22-9)13-7-4-11(20)8-14(13)21/h2-8,16H,1H3,(H,23,25)(H2,22,24,26). The van der Waals surface area contributed by atoms with Crippen LogP contribution >= 0.6 is 15.9 Å². The molecule has 0 saturated heterocycles. The van der Waals surface area contributed by atoms with Crippen LogP contribution in [0, 0.1) is 11.6 Å². The van der Waals surface area contributed by atoms with E-state index >= 15 is 0 Å². The summed E-state index contributed by atoms with van der Waals surface area (Å²) in [6, 6.07) is 8.29. The number of allylic oxidation sites excluding steroid dienone is 1. The molecule has 26 heavy (non-hydrogen) atoms. The largest absolute Gasteiger partial charge is 0.327 e. The zero-order valence-corrected chi connectivity index (χ0v) is 15.2. The van der Waals surface area contributed by atoms with E-state index in [2.05, 4.69) is 31.9 Å². The maximum absolute atomic E-state index is 14.2. The minimum absolute atomic E-state index is 0.00144. The highest BCUT2D eigenvalue weighted by Gasteiger charge is 2.32. The molecule has 3 rings (SSSR count). The summed E-state index contributed by atoms with van der Waals surface area (Å²) in [4.78, 5) is 24.6. The van der Waals surface area contributed by atoms with Crippen molar-refractivity contribution in [2.45, 2.75) is 13.0 Å². The van der Waals surface area contributed by atoms with Gasteiger partial charge in [0.1, 0.15) is 11.6 Å². The van der Waals surface area contributed by atoms with Crippen molar-refractivity contribution in [1.29, 1.82) is 0 Å². The minimum Gasteiger partial charge on any atom is -0.327 e. The highest BCUT2D eigenvalue weighted by atomic mass is 79.9. The van der Waals surface area contributed by atoms with Crippen LogP contribution < -0.4 is 16.0 Å². The molecule has 0 saturated carbocycles. The van der Waals surface area contributed by atoms with E-state index in [1.54, 1.807) is 31.2 Å². The molecule has 0 radical (unpaired) electrons. The summed E-state index contributed by atoms with van der Waals surface area (Å²) in [6.45, 7) is 1.55. The highest BCUT2D eigenvalue weighted by Crippen LogP contribution is 2.30. The smallest absolute Gasteiger partial charge is 0.319 e. The van der Waals surface area contributed by atoms with E-state index in [-0.39, 0.29) is 16.8 Å². The number of anilines is 1. The van der Waals surface area contributed by atoms with Crippen LogP contribution in [0.3, 0.4) is 0 Å².